The van der Waals surface area contributed by atoms with E-state index in [1.807, 2.05) is 6.07 Å². The molecule has 0 aliphatic heterocycles. The number of hydrogen-bond donors (Lipinski definition) is 1. The lowest BCUT2D eigenvalue weighted by atomic mass is 9.85. The normalized spacial score (nSPS) is 13.4. The Balaban J connectivity index is 2.98. The first-order valence-electron chi connectivity index (χ1n) is 9.01. The molecule has 0 spiro atoms. The molecule has 23 heavy (non-hydrogen) atoms. The third-order valence-electron chi connectivity index (χ3n) is 4.31. The van der Waals surface area contributed by atoms with Crippen LogP contribution in [0.5, 0.6) is 5.75 Å². The molecule has 1 atom stereocenters. The lowest BCUT2D eigenvalue weighted by Gasteiger charge is -2.25. The number of rotatable bonds is 9. The van der Waals surface area contributed by atoms with Gasteiger partial charge in [0.2, 0.25) is 0 Å². The van der Waals surface area contributed by atoms with E-state index in [-0.39, 0.29) is 5.41 Å². The molecule has 132 valence electrons. The van der Waals surface area contributed by atoms with E-state index in [1.165, 1.54) is 5.56 Å². The number of hydrogen-bond acceptors (Lipinski definition) is 3. The number of aliphatic hydroxyl groups excluding tert-OH is 1. The first-order chi connectivity index (χ1) is 10.8. The molecular weight excluding hydrogens is 286 g/mol. The maximum Gasteiger partial charge on any atom is 0.125 e. The second-order valence-corrected chi connectivity index (χ2v) is 7.18. The van der Waals surface area contributed by atoms with Gasteiger partial charge in [0.1, 0.15) is 5.75 Å². The Morgan fingerprint density at radius 2 is 1.78 bits per heavy atom. The summed E-state index contributed by atoms with van der Waals surface area (Å²) in [6.07, 6.45) is 1.22. The zero-order valence-corrected chi connectivity index (χ0v) is 15.9. The van der Waals surface area contributed by atoms with Crippen LogP contribution in [0.1, 0.15) is 71.6 Å². The van der Waals surface area contributed by atoms with E-state index in [2.05, 4.69) is 58.6 Å². The number of ether oxygens (including phenoxy) is 1. The molecule has 0 radical (unpaired) electrons. The van der Waals surface area contributed by atoms with Crippen molar-refractivity contribution in [1.29, 1.82) is 0 Å². The third kappa shape index (κ3) is 6.15. The minimum absolute atomic E-state index is 0.0661. The summed E-state index contributed by atoms with van der Waals surface area (Å²) in [6, 6.07) is 6.26. The van der Waals surface area contributed by atoms with Crippen molar-refractivity contribution in [3.63, 3.8) is 0 Å². The second kappa shape index (κ2) is 9.29. The number of benzene rings is 1. The third-order valence-corrected chi connectivity index (χ3v) is 4.31. The van der Waals surface area contributed by atoms with Crippen molar-refractivity contribution in [2.24, 2.45) is 0 Å². The molecular formula is C20H35NO2. The van der Waals surface area contributed by atoms with Gasteiger partial charge in [-0.25, -0.2) is 0 Å². The molecule has 0 fully saturated rings. The molecule has 0 aromatic heterocycles. The summed E-state index contributed by atoms with van der Waals surface area (Å²) in [4.78, 5) is 2.34. The largest absolute Gasteiger partial charge is 0.493 e. The standard InChI is InChI=1S/C20H35NO2/c1-7-14-23-19-11-10-16(20(4,5)6)15-17(19)18(22)12-13-21(8-2)9-3/h10-11,15,18,22H,7-9,12-14H2,1-6H3. The molecule has 1 aromatic carbocycles. The minimum atomic E-state index is -0.482. The molecule has 0 bridgehead atoms. The Morgan fingerprint density at radius 1 is 1.13 bits per heavy atom. The van der Waals surface area contributed by atoms with Gasteiger partial charge in [-0.2, -0.15) is 0 Å². The van der Waals surface area contributed by atoms with Crippen molar-refractivity contribution in [2.45, 2.75) is 65.9 Å². The zero-order valence-electron chi connectivity index (χ0n) is 15.9. The molecule has 1 aromatic rings. The average Bonchev–Trinajstić information content (AvgIpc) is 2.52. The van der Waals surface area contributed by atoms with E-state index >= 15 is 0 Å². The van der Waals surface area contributed by atoms with Crippen molar-refractivity contribution < 1.29 is 9.84 Å². The molecule has 3 nitrogen and oxygen atoms in total. The highest BCUT2D eigenvalue weighted by atomic mass is 16.5. The van der Waals surface area contributed by atoms with Crippen LogP contribution in [0.3, 0.4) is 0 Å². The van der Waals surface area contributed by atoms with Gasteiger partial charge in [0.15, 0.2) is 0 Å². The van der Waals surface area contributed by atoms with Gasteiger partial charge in [-0.1, -0.05) is 47.6 Å². The molecule has 0 amide bonds. The Hall–Kier alpha value is -1.06. The predicted octanol–water partition coefficient (Wildman–Crippen LogP) is 4.54. The molecule has 0 heterocycles. The van der Waals surface area contributed by atoms with E-state index in [4.69, 9.17) is 4.74 Å². The molecule has 0 saturated carbocycles. The molecule has 1 rings (SSSR count). The topological polar surface area (TPSA) is 32.7 Å². The Kier molecular flexibility index (Phi) is 8.07. The first-order valence-corrected chi connectivity index (χ1v) is 9.01. The average molecular weight is 322 g/mol. The maximum absolute atomic E-state index is 10.7. The van der Waals surface area contributed by atoms with E-state index in [0.717, 1.165) is 43.8 Å². The summed E-state index contributed by atoms with van der Waals surface area (Å²) in [5, 5.41) is 10.7. The van der Waals surface area contributed by atoms with Crippen molar-refractivity contribution in [1.82, 2.24) is 4.90 Å². The Morgan fingerprint density at radius 3 is 2.30 bits per heavy atom. The summed E-state index contributed by atoms with van der Waals surface area (Å²) in [7, 11) is 0. The molecule has 0 saturated heterocycles. The van der Waals surface area contributed by atoms with Crippen LogP contribution in [0.4, 0.5) is 0 Å². The van der Waals surface area contributed by atoms with Gasteiger partial charge in [0.25, 0.3) is 0 Å². The fourth-order valence-corrected chi connectivity index (χ4v) is 2.62. The van der Waals surface area contributed by atoms with E-state index in [0.29, 0.717) is 6.61 Å². The van der Waals surface area contributed by atoms with Gasteiger partial charge in [0, 0.05) is 12.1 Å². The van der Waals surface area contributed by atoms with Gasteiger partial charge in [-0.05, 0) is 49.0 Å². The fourth-order valence-electron chi connectivity index (χ4n) is 2.62. The molecule has 3 heteroatoms. The summed E-state index contributed by atoms with van der Waals surface area (Å²) >= 11 is 0. The lowest BCUT2D eigenvalue weighted by Crippen LogP contribution is -2.25. The van der Waals surface area contributed by atoms with Gasteiger partial charge in [0.05, 0.1) is 12.7 Å². The summed E-state index contributed by atoms with van der Waals surface area (Å²) in [6.45, 7) is 16.6. The SMILES string of the molecule is CCCOc1ccc(C(C)(C)C)cc1C(O)CCN(CC)CC. The fraction of sp³-hybridized carbons (Fsp3) is 0.700. The molecule has 0 aliphatic rings. The van der Waals surface area contributed by atoms with Crippen molar-refractivity contribution >= 4 is 0 Å². The first kappa shape index (κ1) is 20.0. The Labute approximate surface area is 142 Å². The van der Waals surface area contributed by atoms with E-state index < -0.39 is 6.10 Å². The van der Waals surface area contributed by atoms with Crippen molar-refractivity contribution in [2.75, 3.05) is 26.2 Å². The van der Waals surface area contributed by atoms with E-state index in [1.54, 1.807) is 0 Å². The zero-order chi connectivity index (χ0) is 17.5. The van der Waals surface area contributed by atoms with Gasteiger partial charge in [-0.3, -0.25) is 0 Å². The highest BCUT2D eigenvalue weighted by Gasteiger charge is 2.20. The Bertz CT molecular complexity index is 461. The minimum Gasteiger partial charge on any atom is -0.493 e. The van der Waals surface area contributed by atoms with Crippen LogP contribution < -0.4 is 4.74 Å². The second-order valence-electron chi connectivity index (χ2n) is 7.18. The van der Waals surface area contributed by atoms with Crippen molar-refractivity contribution in [3.8, 4) is 5.75 Å². The summed E-state index contributed by atoms with van der Waals surface area (Å²) < 4.78 is 5.86. The van der Waals surface area contributed by atoms with Crippen LogP contribution in [-0.4, -0.2) is 36.2 Å². The van der Waals surface area contributed by atoms with Crippen LogP contribution in [0, 0.1) is 0 Å². The predicted molar refractivity (Wildman–Crippen MR) is 98.3 cm³/mol. The smallest absolute Gasteiger partial charge is 0.125 e. The lowest BCUT2D eigenvalue weighted by molar-refractivity contribution is 0.140. The van der Waals surface area contributed by atoms with Gasteiger partial charge < -0.3 is 14.7 Å². The van der Waals surface area contributed by atoms with Crippen LogP contribution >= 0.6 is 0 Å². The summed E-state index contributed by atoms with van der Waals surface area (Å²) in [5.41, 5.74) is 2.23. The highest BCUT2D eigenvalue weighted by Crippen LogP contribution is 2.33. The van der Waals surface area contributed by atoms with E-state index in [9.17, 15) is 5.11 Å². The van der Waals surface area contributed by atoms with Crippen LogP contribution in [0.15, 0.2) is 18.2 Å². The van der Waals surface area contributed by atoms with Crippen molar-refractivity contribution in [3.05, 3.63) is 29.3 Å². The maximum atomic E-state index is 10.7. The van der Waals surface area contributed by atoms with Crippen LogP contribution in [0.25, 0.3) is 0 Å². The monoisotopic (exact) mass is 321 g/mol. The van der Waals surface area contributed by atoms with Gasteiger partial charge in [-0.15, -0.1) is 0 Å². The van der Waals surface area contributed by atoms with Crippen LogP contribution in [-0.2, 0) is 5.41 Å². The number of aliphatic hydroxyl groups is 1. The number of nitrogens with zero attached hydrogens (tertiary/aromatic N) is 1. The van der Waals surface area contributed by atoms with Crippen LogP contribution in [0.2, 0.25) is 0 Å². The highest BCUT2D eigenvalue weighted by molar-refractivity contribution is 5.41. The molecule has 1 unspecified atom stereocenters. The molecule has 0 aliphatic carbocycles. The summed E-state index contributed by atoms with van der Waals surface area (Å²) in [5.74, 6) is 0.826. The molecule has 1 N–H and O–H groups in total. The van der Waals surface area contributed by atoms with Gasteiger partial charge >= 0.3 is 0 Å². The quantitative estimate of drug-likeness (QED) is 0.725.